The van der Waals surface area contributed by atoms with Crippen LogP contribution < -0.4 is 16.0 Å². The Bertz CT molecular complexity index is 1020. The molecule has 1 unspecified atom stereocenters. The molecule has 3 heterocycles. The van der Waals surface area contributed by atoms with Gasteiger partial charge in [0.2, 0.25) is 5.91 Å². The van der Waals surface area contributed by atoms with E-state index in [2.05, 4.69) is 26.0 Å². The zero-order valence-electron chi connectivity index (χ0n) is 14.3. The molecule has 0 bridgehead atoms. The normalized spacial score (nSPS) is 16.9. The van der Waals surface area contributed by atoms with Crippen LogP contribution in [0.25, 0.3) is 5.65 Å². The minimum absolute atomic E-state index is 0.181. The van der Waals surface area contributed by atoms with Crippen LogP contribution in [-0.2, 0) is 11.2 Å². The van der Waals surface area contributed by atoms with Crippen LogP contribution in [0.15, 0.2) is 42.7 Å². The Morgan fingerprint density at radius 2 is 2.19 bits per heavy atom. The second-order valence-electron chi connectivity index (χ2n) is 6.24. The first-order valence-electron chi connectivity index (χ1n) is 8.51. The zero-order chi connectivity index (χ0) is 18.8. The van der Waals surface area contributed by atoms with Crippen molar-refractivity contribution in [1.29, 1.82) is 0 Å². The van der Waals surface area contributed by atoms with Crippen LogP contribution in [0.4, 0.5) is 14.9 Å². The quantitative estimate of drug-likeness (QED) is 0.633. The van der Waals surface area contributed by atoms with Gasteiger partial charge in [0.1, 0.15) is 5.82 Å². The van der Waals surface area contributed by atoms with Gasteiger partial charge in [0, 0.05) is 25.5 Å². The molecule has 1 aromatic carbocycles. The number of nitrogens with zero attached hydrogens (tertiary/aromatic N) is 3. The highest BCUT2D eigenvalue weighted by molar-refractivity contribution is 6.00. The monoisotopic (exact) mass is 368 g/mol. The average molecular weight is 368 g/mol. The van der Waals surface area contributed by atoms with E-state index in [0.717, 1.165) is 5.56 Å². The largest absolute Gasteiger partial charge is 0.382 e. The Kier molecular flexibility index (Phi) is 4.41. The lowest BCUT2D eigenvalue weighted by molar-refractivity contribution is -0.122. The summed E-state index contributed by atoms with van der Waals surface area (Å²) in [6, 6.07) is 7.71. The van der Waals surface area contributed by atoms with Gasteiger partial charge in [-0.3, -0.25) is 10.1 Å². The third-order valence-electron chi connectivity index (χ3n) is 4.37. The topological polar surface area (TPSA) is 100 Å². The van der Waals surface area contributed by atoms with Crippen LogP contribution in [-0.4, -0.2) is 39.6 Å². The number of nitrogens with one attached hydrogen (secondary N) is 3. The number of hydrogen-bond donors (Lipinski definition) is 3. The fourth-order valence-corrected chi connectivity index (χ4v) is 3.04. The first-order valence-corrected chi connectivity index (χ1v) is 8.51. The van der Waals surface area contributed by atoms with Gasteiger partial charge in [-0.05, 0) is 30.2 Å². The van der Waals surface area contributed by atoms with Gasteiger partial charge < -0.3 is 10.6 Å². The number of amides is 3. The smallest absolute Gasteiger partial charge is 0.321 e. The lowest BCUT2D eigenvalue weighted by atomic mass is 10.0. The van der Waals surface area contributed by atoms with Crippen LogP contribution in [0, 0.1) is 5.82 Å². The molecule has 8 nitrogen and oxygen atoms in total. The molecule has 27 heavy (non-hydrogen) atoms. The molecule has 3 aromatic rings. The minimum Gasteiger partial charge on any atom is -0.382 e. The van der Waals surface area contributed by atoms with Crippen molar-refractivity contribution in [2.75, 3.05) is 18.4 Å². The van der Waals surface area contributed by atoms with Crippen molar-refractivity contribution in [2.24, 2.45) is 0 Å². The van der Waals surface area contributed by atoms with E-state index in [4.69, 9.17) is 0 Å². The van der Waals surface area contributed by atoms with Gasteiger partial charge in [-0.2, -0.15) is 5.10 Å². The summed E-state index contributed by atoms with van der Waals surface area (Å²) in [5.41, 5.74) is 2.74. The first-order chi connectivity index (χ1) is 13.1. The van der Waals surface area contributed by atoms with Gasteiger partial charge >= 0.3 is 6.03 Å². The molecule has 2 aromatic heterocycles. The number of imidazole rings is 1. The fourth-order valence-electron chi connectivity index (χ4n) is 3.04. The molecule has 1 fully saturated rings. The number of imide groups is 1. The SMILES string of the molecule is O=C1NCC(c2cc(NCCc3cccc(F)c3)c3nccn3n2)C(=O)N1. The predicted molar refractivity (Wildman–Crippen MR) is 95.9 cm³/mol. The Labute approximate surface area is 153 Å². The molecule has 4 rings (SSSR count). The third-order valence-corrected chi connectivity index (χ3v) is 4.37. The van der Waals surface area contributed by atoms with Crippen molar-refractivity contribution in [3.8, 4) is 0 Å². The highest BCUT2D eigenvalue weighted by Gasteiger charge is 2.29. The molecule has 1 saturated heterocycles. The summed E-state index contributed by atoms with van der Waals surface area (Å²) in [5, 5.41) is 12.6. The number of anilines is 1. The molecule has 1 aliphatic heterocycles. The fraction of sp³-hybridized carbons (Fsp3) is 0.222. The number of hydrogen-bond acceptors (Lipinski definition) is 5. The number of benzene rings is 1. The summed E-state index contributed by atoms with van der Waals surface area (Å²) in [7, 11) is 0. The molecule has 138 valence electrons. The van der Waals surface area contributed by atoms with Crippen molar-refractivity contribution >= 4 is 23.3 Å². The molecule has 0 saturated carbocycles. The van der Waals surface area contributed by atoms with Gasteiger partial charge in [0.05, 0.1) is 17.3 Å². The predicted octanol–water partition coefficient (Wildman–Crippen LogP) is 1.45. The zero-order valence-corrected chi connectivity index (χ0v) is 14.3. The lowest BCUT2D eigenvalue weighted by Crippen LogP contribution is -2.51. The number of carbonyl (C=O) groups excluding carboxylic acids is 2. The summed E-state index contributed by atoms with van der Waals surface area (Å²) < 4.78 is 14.9. The van der Waals surface area contributed by atoms with Gasteiger partial charge in [0.15, 0.2) is 5.65 Å². The van der Waals surface area contributed by atoms with Gasteiger partial charge in [-0.15, -0.1) is 0 Å². The van der Waals surface area contributed by atoms with Crippen molar-refractivity contribution in [3.63, 3.8) is 0 Å². The minimum atomic E-state index is -0.585. The molecule has 0 spiro atoms. The molecule has 3 N–H and O–H groups in total. The summed E-state index contributed by atoms with van der Waals surface area (Å²) in [6.45, 7) is 0.740. The number of halogens is 1. The standard InChI is InChI=1S/C18H17FN6O2/c19-12-3-1-2-11(8-12)4-5-20-15-9-14(24-25-7-6-21-16(15)25)13-10-22-18(27)23-17(13)26/h1-3,6-9,13,20H,4-5,10H2,(H2,22,23,26,27). The van der Waals surface area contributed by atoms with Crippen LogP contribution in [0.5, 0.6) is 0 Å². The molecule has 0 radical (unpaired) electrons. The van der Waals surface area contributed by atoms with Crippen molar-refractivity contribution in [3.05, 3.63) is 59.8 Å². The molecular formula is C18H17FN6O2. The summed E-state index contributed by atoms with van der Waals surface area (Å²) in [4.78, 5) is 27.7. The van der Waals surface area contributed by atoms with E-state index in [1.165, 1.54) is 12.1 Å². The van der Waals surface area contributed by atoms with E-state index in [0.29, 0.717) is 30.0 Å². The van der Waals surface area contributed by atoms with Crippen molar-refractivity contribution < 1.29 is 14.0 Å². The summed E-state index contributed by atoms with van der Waals surface area (Å²) >= 11 is 0. The molecule has 3 amide bonds. The molecular weight excluding hydrogens is 351 g/mol. The second kappa shape index (κ2) is 7.02. The van der Waals surface area contributed by atoms with Gasteiger partial charge in [-0.1, -0.05) is 12.1 Å². The molecule has 9 heteroatoms. The first kappa shape index (κ1) is 17.0. The van der Waals surface area contributed by atoms with E-state index in [-0.39, 0.29) is 12.4 Å². The highest BCUT2D eigenvalue weighted by Crippen LogP contribution is 2.22. The second-order valence-corrected chi connectivity index (χ2v) is 6.24. The van der Waals surface area contributed by atoms with Crippen LogP contribution in [0.1, 0.15) is 17.2 Å². The Morgan fingerprint density at radius 1 is 1.30 bits per heavy atom. The van der Waals surface area contributed by atoms with Crippen molar-refractivity contribution in [2.45, 2.75) is 12.3 Å². The van der Waals surface area contributed by atoms with Crippen LogP contribution >= 0.6 is 0 Å². The number of urea groups is 1. The highest BCUT2D eigenvalue weighted by atomic mass is 19.1. The van der Waals surface area contributed by atoms with Crippen molar-refractivity contribution in [1.82, 2.24) is 25.2 Å². The van der Waals surface area contributed by atoms with Crippen LogP contribution in [0.3, 0.4) is 0 Å². The summed E-state index contributed by atoms with van der Waals surface area (Å²) in [6.07, 6.45) is 3.94. The Hall–Kier alpha value is -3.49. The van der Waals surface area contributed by atoms with E-state index < -0.39 is 17.9 Å². The Balaban J connectivity index is 1.55. The van der Waals surface area contributed by atoms with Crippen LogP contribution in [0.2, 0.25) is 0 Å². The van der Waals surface area contributed by atoms with E-state index in [1.807, 2.05) is 6.07 Å². The average Bonchev–Trinajstić information content (AvgIpc) is 3.10. The number of aromatic nitrogens is 3. The lowest BCUT2D eigenvalue weighted by Gasteiger charge is -2.22. The Morgan fingerprint density at radius 3 is 3.00 bits per heavy atom. The number of rotatable bonds is 5. The summed E-state index contributed by atoms with van der Waals surface area (Å²) in [5.74, 6) is -1.24. The maximum absolute atomic E-state index is 13.3. The van der Waals surface area contributed by atoms with Gasteiger partial charge in [-0.25, -0.2) is 18.7 Å². The third kappa shape index (κ3) is 3.57. The maximum Gasteiger partial charge on any atom is 0.321 e. The van der Waals surface area contributed by atoms with E-state index in [1.54, 1.807) is 29.0 Å². The molecule has 1 atom stereocenters. The number of carbonyl (C=O) groups is 2. The maximum atomic E-state index is 13.3. The molecule has 1 aliphatic rings. The van der Waals surface area contributed by atoms with E-state index in [9.17, 15) is 14.0 Å². The van der Waals surface area contributed by atoms with Gasteiger partial charge in [0.25, 0.3) is 0 Å². The molecule has 0 aliphatic carbocycles. The van der Waals surface area contributed by atoms with E-state index >= 15 is 0 Å². The number of fused-ring (bicyclic) bond motifs is 1.